The van der Waals surface area contributed by atoms with Crippen LogP contribution in [-0.2, 0) is 11.3 Å². The van der Waals surface area contributed by atoms with Crippen molar-refractivity contribution in [2.45, 2.75) is 33.2 Å². The zero-order valence-corrected chi connectivity index (χ0v) is 10.3. The lowest BCUT2D eigenvalue weighted by Gasteiger charge is -2.12. The third-order valence-corrected chi connectivity index (χ3v) is 2.70. The average molecular weight is 238 g/mol. The van der Waals surface area contributed by atoms with Crippen LogP contribution in [0.25, 0.3) is 0 Å². The summed E-state index contributed by atoms with van der Waals surface area (Å²) in [6.45, 7) is 4.04. The molecule has 0 aliphatic carbocycles. The molecular weight excluding hydrogens is 219 g/mol. The zero-order chi connectivity index (χ0) is 12.8. The molecule has 0 heterocycles. The monoisotopic (exact) mass is 238 g/mol. The van der Waals surface area contributed by atoms with E-state index < -0.39 is 0 Å². The van der Waals surface area contributed by atoms with Gasteiger partial charge in [0, 0.05) is 23.7 Å². The first-order valence-corrected chi connectivity index (χ1v) is 5.87. The number of anilines is 1. The van der Waals surface area contributed by atoms with Gasteiger partial charge in [0.15, 0.2) is 0 Å². The third-order valence-electron chi connectivity index (χ3n) is 2.70. The number of hydrogen-bond donors (Lipinski definition) is 2. The molecule has 3 nitrogen and oxygen atoms in total. The van der Waals surface area contributed by atoms with E-state index in [0.717, 1.165) is 12.8 Å². The minimum absolute atomic E-state index is 0.0358. The number of nitrogens with one attached hydrogen (secondary N) is 1. The number of rotatable bonds is 5. The van der Waals surface area contributed by atoms with Crippen LogP contribution in [0.15, 0.2) is 18.2 Å². The fraction of sp³-hybridized carbons (Fsp3) is 0.462. The molecular formula is C13H19FN2O. The maximum Gasteiger partial charge on any atom is 0.227 e. The second-order valence-corrected chi connectivity index (χ2v) is 4.19. The SMILES string of the molecule is CCCC(C)C(=O)Nc1ccc(F)c(CN)c1. The zero-order valence-electron chi connectivity index (χ0n) is 10.3. The van der Waals surface area contributed by atoms with Crippen molar-refractivity contribution in [3.8, 4) is 0 Å². The van der Waals surface area contributed by atoms with Crippen LogP contribution in [0, 0.1) is 11.7 Å². The molecule has 0 bridgehead atoms. The Bertz CT molecular complexity index is 393. The van der Waals surface area contributed by atoms with Crippen LogP contribution in [0.5, 0.6) is 0 Å². The number of hydrogen-bond acceptors (Lipinski definition) is 2. The van der Waals surface area contributed by atoms with Gasteiger partial charge in [0.05, 0.1) is 0 Å². The molecule has 4 heteroatoms. The van der Waals surface area contributed by atoms with Crippen molar-refractivity contribution in [1.82, 2.24) is 0 Å². The van der Waals surface area contributed by atoms with Gasteiger partial charge < -0.3 is 11.1 Å². The van der Waals surface area contributed by atoms with Crippen molar-refractivity contribution in [2.75, 3.05) is 5.32 Å². The summed E-state index contributed by atoms with van der Waals surface area (Å²) in [4.78, 5) is 11.8. The predicted octanol–water partition coefficient (Wildman–Crippen LogP) is 2.66. The summed E-state index contributed by atoms with van der Waals surface area (Å²) in [7, 11) is 0. The lowest BCUT2D eigenvalue weighted by atomic mass is 10.1. The van der Waals surface area contributed by atoms with Gasteiger partial charge in [0.25, 0.3) is 0 Å². The van der Waals surface area contributed by atoms with Crippen molar-refractivity contribution in [3.63, 3.8) is 0 Å². The van der Waals surface area contributed by atoms with E-state index in [2.05, 4.69) is 5.32 Å². The van der Waals surface area contributed by atoms with Gasteiger partial charge in [-0.1, -0.05) is 20.3 Å². The van der Waals surface area contributed by atoms with Gasteiger partial charge in [-0.15, -0.1) is 0 Å². The topological polar surface area (TPSA) is 55.1 Å². The first-order chi connectivity index (χ1) is 8.08. The van der Waals surface area contributed by atoms with E-state index in [1.165, 1.54) is 6.07 Å². The summed E-state index contributed by atoms with van der Waals surface area (Å²) in [5, 5.41) is 2.77. The number of carbonyl (C=O) groups is 1. The van der Waals surface area contributed by atoms with Crippen molar-refractivity contribution < 1.29 is 9.18 Å². The molecule has 0 spiro atoms. The molecule has 0 saturated heterocycles. The Kier molecular flexibility index (Phi) is 5.10. The number of carbonyl (C=O) groups excluding carboxylic acids is 1. The predicted molar refractivity (Wildman–Crippen MR) is 67.0 cm³/mol. The van der Waals surface area contributed by atoms with E-state index in [4.69, 9.17) is 5.73 Å². The maximum atomic E-state index is 13.2. The highest BCUT2D eigenvalue weighted by Gasteiger charge is 2.12. The average Bonchev–Trinajstić information content (AvgIpc) is 2.31. The molecule has 94 valence electrons. The Labute approximate surface area is 101 Å². The number of nitrogens with two attached hydrogens (primary N) is 1. The Hall–Kier alpha value is -1.42. The van der Waals surface area contributed by atoms with Gasteiger partial charge in [-0.3, -0.25) is 4.79 Å². The summed E-state index contributed by atoms with van der Waals surface area (Å²) in [6, 6.07) is 4.44. The molecule has 1 aromatic rings. The summed E-state index contributed by atoms with van der Waals surface area (Å²) in [5.74, 6) is -0.417. The molecule has 0 radical (unpaired) electrons. The van der Waals surface area contributed by atoms with Gasteiger partial charge in [0.1, 0.15) is 5.82 Å². The number of amides is 1. The minimum Gasteiger partial charge on any atom is -0.326 e. The summed E-state index contributed by atoms with van der Waals surface area (Å²) < 4.78 is 13.2. The van der Waals surface area contributed by atoms with E-state index in [9.17, 15) is 9.18 Å². The van der Waals surface area contributed by atoms with Gasteiger partial charge in [-0.2, -0.15) is 0 Å². The molecule has 1 aromatic carbocycles. The first kappa shape index (κ1) is 13.6. The van der Waals surface area contributed by atoms with Gasteiger partial charge in [-0.25, -0.2) is 4.39 Å². The molecule has 1 rings (SSSR count). The Balaban J connectivity index is 2.71. The Morgan fingerprint density at radius 2 is 2.24 bits per heavy atom. The molecule has 1 unspecified atom stereocenters. The highest BCUT2D eigenvalue weighted by atomic mass is 19.1. The molecule has 1 atom stereocenters. The third kappa shape index (κ3) is 3.82. The quantitative estimate of drug-likeness (QED) is 0.828. The fourth-order valence-corrected chi connectivity index (χ4v) is 1.64. The second-order valence-electron chi connectivity index (χ2n) is 4.19. The smallest absolute Gasteiger partial charge is 0.227 e. The van der Waals surface area contributed by atoms with Crippen LogP contribution in [0.4, 0.5) is 10.1 Å². The molecule has 0 fully saturated rings. The van der Waals surface area contributed by atoms with Gasteiger partial charge >= 0.3 is 0 Å². The van der Waals surface area contributed by atoms with Crippen molar-refractivity contribution in [1.29, 1.82) is 0 Å². The van der Waals surface area contributed by atoms with Gasteiger partial charge in [-0.05, 0) is 24.6 Å². The van der Waals surface area contributed by atoms with Crippen LogP contribution in [0.1, 0.15) is 32.3 Å². The summed E-state index contributed by atoms with van der Waals surface area (Å²) in [6.07, 6.45) is 1.81. The molecule has 17 heavy (non-hydrogen) atoms. The summed E-state index contributed by atoms with van der Waals surface area (Å²) >= 11 is 0. The van der Waals surface area contributed by atoms with E-state index in [-0.39, 0.29) is 24.2 Å². The van der Waals surface area contributed by atoms with E-state index in [1.54, 1.807) is 12.1 Å². The highest BCUT2D eigenvalue weighted by molar-refractivity contribution is 5.92. The lowest BCUT2D eigenvalue weighted by molar-refractivity contribution is -0.119. The molecule has 1 amide bonds. The second kappa shape index (κ2) is 6.35. The number of halogens is 1. The molecule has 0 aliphatic rings. The summed E-state index contributed by atoms with van der Waals surface area (Å²) in [5.41, 5.74) is 6.41. The van der Waals surface area contributed by atoms with Crippen LogP contribution in [0.2, 0.25) is 0 Å². The van der Waals surface area contributed by atoms with E-state index >= 15 is 0 Å². The number of benzene rings is 1. The Morgan fingerprint density at radius 3 is 2.82 bits per heavy atom. The van der Waals surface area contributed by atoms with Crippen molar-refractivity contribution in [2.24, 2.45) is 11.7 Å². The molecule has 0 saturated carbocycles. The van der Waals surface area contributed by atoms with E-state index in [1.807, 2.05) is 13.8 Å². The first-order valence-electron chi connectivity index (χ1n) is 5.87. The van der Waals surface area contributed by atoms with Crippen molar-refractivity contribution in [3.05, 3.63) is 29.6 Å². The van der Waals surface area contributed by atoms with Gasteiger partial charge in [0.2, 0.25) is 5.91 Å². The largest absolute Gasteiger partial charge is 0.326 e. The minimum atomic E-state index is -0.341. The standard InChI is InChI=1S/C13H19FN2O/c1-3-4-9(2)13(17)16-11-5-6-12(14)10(7-11)8-15/h5-7,9H,3-4,8,15H2,1-2H3,(H,16,17). The lowest BCUT2D eigenvalue weighted by Crippen LogP contribution is -2.20. The van der Waals surface area contributed by atoms with Crippen LogP contribution in [0.3, 0.4) is 0 Å². The molecule has 0 aliphatic heterocycles. The van der Waals surface area contributed by atoms with Crippen LogP contribution in [-0.4, -0.2) is 5.91 Å². The molecule has 3 N–H and O–H groups in total. The highest BCUT2D eigenvalue weighted by Crippen LogP contribution is 2.16. The normalized spacial score (nSPS) is 12.2. The van der Waals surface area contributed by atoms with E-state index in [0.29, 0.717) is 11.3 Å². The molecule has 0 aromatic heterocycles. The van der Waals surface area contributed by atoms with Crippen LogP contribution >= 0.6 is 0 Å². The fourth-order valence-electron chi connectivity index (χ4n) is 1.64. The Morgan fingerprint density at radius 1 is 1.53 bits per heavy atom. The maximum absolute atomic E-state index is 13.2. The van der Waals surface area contributed by atoms with Crippen LogP contribution < -0.4 is 11.1 Å². The van der Waals surface area contributed by atoms with Crippen molar-refractivity contribution >= 4 is 11.6 Å².